The van der Waals surface area contributed by atoms with Crippen LogP contribution in [0.5, 0.6) is 0 Å². The maximum absolute atomic E-state index is 11.6. The molecule has 1 aliphatic carbocycles. The maximum atomic E-state index is 11.6. The maximum Gasteiger partial charge on any atom is 0.314 e. The third-order valence-corrected chi connectivity index (χ3v) is 3.66. The molecule has 1 aromatic carbocycles. The van der Waals surface area contributed by atoms with E-state index in [2.05, 4.69) is 28.8 Å². The van der Waals surface area contributed by atoms with Gasteiger partial charge in [-0.2, -0.15) is 0 Å². The minimum Gasteiger partial charge on any atom is -0.338 e. The van der Waals surface area contributed by atoms with Gasteiger partial charge in [0.2, 0.25) is 0 Å². The Kier molecular flexibility index (Phi) is 6.15. The molecule has 108 valence electrons. The monoisotopic (exact) mass is 272 g/mol. The average molecular weight is 272 g/mol. The number of hydrogen-bond donors (Lipinski definition) is 2. The molecule has 0 atom stereocenters. The van der Waals surface area contributed by atoms with E-state index in [0.29, 0.717) is 6.54 Å². The lowest BCUT2D eigenvalue weighted by atomic mass is 9.97. The Labute approximate surface area is 121 Å². The van der Waals surface area contributed by atoms with Crippen molar-refractivity contribution in [2.45, 2.75) is 38.5 Å². The fourth-order valence-electron chi connectivity index (χ4n) is 2.50. The molecule has 3 heteroatoms. The van der Waals surface area contributed by atoms with Crippen LogP contribution in [0.2, 0.25) is 0 Å². The summed E-state index contributed by atoms with van der Waals surface area (Å²) in [4.78, 5) is 11.6. The van der Waals surface area contributed by atoms with Crippen molar-refractivity contribution in [2.75, 3.05) is 13.1 Å². The summed E-state index contributed by atoms with van der Waals surface area (Å²) in [5.41, 5.74) is 2.75. The van der Waals surface area contributed by atoms with Crippen LogP contribution in [0.4, 0.5) is 4.79 Å². The molecular formula is C17H24N2O. The zero-order chi connectivity index (χ0) is 14.0. The van der Waals surface area contributed by atoms with Crippen molar-refractivity contribution in [1.82, 2.24) is 10.6 Å². The second-order valence-corrected chi connectivity index (χ2v) is 5.28. The molecule has 3 nitrogen and oxygen atoms in total. The van der Waals surface area contributed by atoms with Crippen LogP contribution in [-0.2, 0) is 6.42 Å². The van der Waals surface area contributed by atoms with Gasteiger partial charge in [0.05, 0.1) is 0 Å². The molecule has 0 aliphatic heterocycles. The molecule has 0 unspecified atom stereocenters. The van der Waals surface area contributed by atoms with E-state index in [-0.39, 0.29) is 6.03 Å². The van der Waals surface area contributed by atoms with Gasteiger partial charge in [0.15, 0.2) is 0 Å². The lowest BCUT2D eigenvalue weighted by molar-refractivity contribution is 0.241. The highest BCUT2D eigenvalue weighted by molar-refractivity contribution is 5.73. The summed E-state index contributed by atoms with van der Waals surface area (Å²) < 4.78 is 0. The first-order chi connectivity index (χ1) is 9.84. The highest BCUT2D eigenvalue weighted by Gasteiger charge is 2.04. The number of benzene rings is 1. The van der Waals surface area contributed by atoms with Crippen molar-refractivity contribution in [2.24, 2.45) is 0 Å². The Morgan fingerprint density at radius 1 is 1.00 bits per heavy atom. The van der Waals surface area contributed by atoms with Gasteiger partial charge in [-0.3, -0.25) is 0 Å². The second-order valence-electron chi connectivity index (χ2n) is 5.28. The van der Waals surface area contributed by atoms with E-state index in [1.807, 2.05) is 18.2 Å². The smallest absolute Gasteiger partial charge is 0.314 e. The van der Waals surface area contributed by atoms with Gasteiger partial charge in [0, 0.05) is 13.1 Å². The van der Waals surface area contributed by atoms with Crippen LogP contribution in [0, 0.1) is 0 Å². The highest BCUT2D eigenvalue weighted by Crippen LogP contribution is 2.19. The minimum atomic E-state index is -0.0580. The van der Waals surface area contributed by atoms with Crippen LogP contribution >= 0.6 is 0 Å². The zero-order valence-corrected chi connectivity index (χ0v) is 12.0. The van der Waals surface area contributed by atoms with E-state index in [4.69, 9.17) is 0 Å². The third-order valence-electron chi connectivity index (χ3n) is 3.66. The standard InChI is InChI=1S/C17H24N2O/c20-17(18-13-11-15-7-3-1-4-8-15)19-14-12-16-9-5-2-6-10-16/h1,3-4,7-9H,2,5-6,10-14H2,(H2,18,19,20). The summed E-state index contributed by atoms with van der Waals surface area (Å²) in [7, 11) is 0. The van der Waals surface area contributed by atoms with Crippen molar-refractivity contribution in [3.8, 4) is 0 Å². The fourth-order valence-corrected chi connectivity index (χ4v) is 2.50. The molecule has 2 amide bonds. The van der Waals surface area contributed by atoms with Crippen molar-refractivity contribution < 1.29 is 4.79 Å². The highest BCUT2D eigenvalue weighted by atomic mass is 16.2. The minimum absolute atomic E-state index is 0.0580. The Bertz CT molecular complexity index is 440. The summed E-state index contributed by atoms with van der Waals surface area (Å²) in [5, 5.41) is 5.82. The van der Waals surface area contributed by atoms with E-state index in [1.54, 1.807) is 0 Å². The zero-order valence-electron chi connectivity index (χ0n) is 12.0. The van der Waals surface area contributed by atoms with E-state index >= 15 is 0 Å². The summed E-state index contributed by atoms with van der Waals surface area (Å²) in [6.07, 6.45) is 9.23. The van der Waals surface area contributed by atoms with E-state index in [9.17, 15) is 4.79 Å². The number of allylic oxidation sites excluding steroid dienone is 1. The lowest BCUT2D eigenvalue weighted by Gasteiger charge is -2.13. The van der Waals surface area contributed by atoms with Crippen molar-refractivity contribution in [3.05, 3.63) is 47.5 Å². The van der Waals surface area contributed by atoms with Gasteiger partial charge in [-0.25, -0.2) is 4.79 Å². The van der Waals surface area contributed by atoms with Crippen LogP contribution in [0.25, 0.3) is 0 Å². The van der Waals surface area contributed by atoms with Crippen molar-refractivity contribution in [1.29, 1.82) is 0 Å². The Morgan fingerprint density at radius 3 is 2.45 bits per heavy atom. The number of nitrogens with one attached hydrogen (secondary N) is 2. The van der Waals surface area contributed by atoms with Gasteiger partial charge < -0.3 is 10.6 Å². The van der Waals surface area contributed by atoms with Gasteiger partial charge in [0.1, 0.15) is 0 Å². The molecular weight excluding hydrogens is 248 g/mol. The van der Waals surface area contributed by atoms with Gasteiger partial charge in [-0.1, -0.05) is 42.0 Å². The summed E-state index contributed by atoms with van der Waals surface area (Å²) >= 11 is 0. The molecule has 2 N–H and O–H groups in total. The first-order valence-electron chi connectivity index (χ1n) is 7.58. The largest absolute Gasteiger partial charge is 0.338 e. The Morgan fingerprint density at radius 2 is 1.75 bits per heavy atom. The van der Waals surface area contributed by atoms with Crippen LogP contribution in [0.3, 0.4) is 0 Å². The molecule has 20 heavy (non-hydrogen) atoms. The molecule has 1 aromatic rings. The summed E-state index contributed by atoms with van der Waals surface area (Å²) in [5.74, 6) is 0. The number of carbonyl (C=O) groups is 1. The number of amides is 2. The predicted molar refractivity (Wildman–Crippen MR) is 82.7 cm³/mol. The lowest BCUT2D eigenvalue weighted by Crippen LogP contribution is -2.37. The molecule has 1 aliphatic rings. The molecule has 0 saturated heterocycles. The van der Waals surface area contributed by atoms with E-state index in [0.717, 1.165) is 19.4 Å². The van der Waals surface area contributed by atoms with Gasteiger partial charge in [0.25, 0.3) is 0 Å². The van der Waals surface area contributed by atoms with Crippen LogP contribution in [0.15, 0.2) is 42.0 Å². The van der Waals surface area contributed by atoms with Gasteiger partial charge in [-0.05, 0) is 44.1 Å². The number of hydrogen-bond acceptors (Lipinski definition) is 1. The molecule has 0 heterocycles. The summed E-state index contributed by atoms with van der Waals surface area (Å²) in [6, 6.07) is 10.1. The molecule has 0 bridgehead atoms. The average Bonchev–Trinajstić information content (AvgIpc) is 2.49. The second kappa shape index (κ2) is 8.41. The normalized spacial score (nSPS) is 14.5. The Hall–Kier alpha value is -1.77. The van der Waals surface area contributed by atoms with Gasteiger partial charge >= 0.3 is 6.03 Å². The predicted octanol–water partition coefficient (Wildman–Crippen LogP) is 3.42. The molecule has 0 aromatic heterocycles. The molecule has 0 fully saturated rings. The topological polar surface area (TPSA) is 41.1 Å². The van der Waals surface area contributed by atoms with Crippen LogP contribution < -0.4 is 10.6 Å². The Balaban J connectivity index is 1.55. The van der Waals surface area contributed by atoms with Crippen molar-refractivity contribution >= 4 is 6.03 Å². The third kappa shape index (κ3) is 5.47. The first kappa shape index (κ1) is 14.6. The first-order valence-corrected chi connectivity index (χ1v) is 7.58. The van der Waals surface area contributed by atoms with Crippen molar-refractivity contribution in [3.63, 3.8) is 0 Å². The van der Waals surface area contributed by atoms with E-state index < -0.39 is 0 Å². The molecule has 0 saturated carbocycles. The van der Waals surface area contributed by atoms with Crippen LogP contribution in [-0.4, -0.2) is 19.1 Å². The number of rotatable bonds is 6. The van der Waals surface area contributed by atoms with Crippen LogP contribution in [0.1, 0.15) is 37.7 Å². The number of carbonyl (C=O) groups excluding carboxylic acids is 1. The van der Waals surface area contributed by atoms with Gasteiger partial charge in [-0.15, -0.1) is 0 Å². The van der Waals surface area contributed by atoms with E-state index in [1.165, 1.54) is 36.8 Å². The fraction of sp³-hybridized carbons (Fsp3) is 0.471. The molecule has 0 spiro atoms. The SMILES string of the molecule is O=C(NCCC1=CCCCC1)NCCc1ccccc1. The molecule has 0 radical (unpaired) electrons. The molecule has 2 rings (SSSR count). The summed E-state index contributed by atoms with van der Waals surface area (Å²) in [6.45, 7) is 1.42. The quantitative estimate of drug-likeness (QED) is 0.765. The number of urea groups is 1.